The Morgan fingerprint density at radius 3 is 2.80 bits per heavy atom. The van der Waals surface area contributed by atoms with E-state index >= 15 is 0 Å². The van der Waals surface area contributed by atoms with Crippen LogP contribution in [0, 0.1) is 0 Å². The summed E-state index contributed by atoms with van der Waals surface area (Å²) in [5.41, 5.74) is 5.57. The highest BCUT2D eigenvalue weighted by molar-refractivity contribution is 5.52. The number of nitrogens with two attached hydrogens (primary N) is 1. The number of hydrogen-bond donors (Lipinski definition) is 1. The Kier molecular flexibility index (Phi) is 6.08. The molecule has 1 fully saturated rings. The summed E-state index contributed by atoms with van der Waals surface area (Å²) in [4.78, 5) is 9.30. The number of pyridine rings is 1. The number of ether oxygens (including phenoxy) is 1. The van der Waals surface area contributed by atoms with Crippen molar-refractivity contribution >= 4 is 5.82 Å². The predicted molar refractivity (Wildman–Crippen MR) is 82.3 cm³/mol. The first kappa shape index (κ1) is 15.1. The van der Waals surface area contributed by atoms with Crippen LogP contribution in [-0.4, -0.2) is 55.8 Å². The molecule has 0 unspecified atom stereocenters. The van der Waals surface area contributed by atoms with Crippen LogP contribution in [0.25, 0.3) is 0 Å². The first-order valence-corrected chi connectivity index (χ1v) is 7.60. The van der Waals surface area contributed by atoms with Crippen molar-refractivity contribution in [1.29, 1.82) is 0 Å². The Morgan fingerprint density at radius 1 is 1.30 bits per heavy atom. The average Bonchev–Trinajstić information content (AvgIpc) is 2.52. The molecule has 0 aliphatic carbocycles. The number of piperazine rings is 1. The van der Waals surface area contributed by atoms with Crippen molar-refractivity contribution in [2.75, 3.05) is 50.8 Å². The van der Waals surface area contributed by atoms with Gasteiger partial charge in [0.2, 0.25) is 0 Å². The molecule has 1 saturated heterocycles. The normalized spacial score (nSPS) is 16.4. The monoisotopic (exact) mass is 278 g/mol. The van der Waals surface area contributed by atoms with Gasteiger partial charge in [-0.25, -0.2) is 4.98 Å². The zero-order valence-corrected chi connectivity index (χ0v) is 12.4. The molecule has 2 heterocycles. The lowest BCUT2D eigenvalue weighted by Crippen LogP contribution is -2.47. The van der Waals surface area contributed by atoms with Crippen LogP contribution < -0.4 is 15.4 Å². The summed E-state index contributed by atoms with van der Waals surface area (Å²) in [6.07, 6.45) is 3.94. The highest BCUT2D eigenvalue weighted by Crippen LogP contribution is 2.26. The molecule has 0 bridgehead atoms. The maximum absolute atomic E-state index is 5.80. The Labute approximate surface area is 121 Å². The first-order chi connectivity index (χ1) is 9.85. The summed E-state index contributed by atoms with van der Waals surface area (Å²) in [7, 11) is 0. The third-order valence-corrected chi connectivity index (χ3v) is 3.56. The van der Waals surface area contributed by atoms with Crippen LogP contribution in [0.1, 0.15) is 19.8 Å². The summed E-state index contributed by atoms with van der Waals surface area (Å²) in [5.74, 6) is 1.89. The molecule has 0 aromatic carbocycles. The van der Waals surface area contributed by atoms with Crippen molar-refractivity contribution < 1.29 is 4.74 Å². The molecule has 112 valence electrons. The van der Waals surface area contributed by atoms with Crippen molar-refractivity contribution in [3.63, 3.8) is 0 Å². The maximum atomic E-state index is 5.80. The lowest BCUT2D eigenvalue weighted by atomic mass is 10.2. The SMILES string of the molecule is CCCOc1cccnc1N1CCN(CCCN)CC1. The molecule has 20 heavy (non-hydrogen) atoms. The van der Waals surface area contributed by atoms with Crippen molar-refractivity contribution in [2.45, 2.75) is 19.8 Å². The Balaban J connectivity index is 1.92. The second-order valence-electron chi connectivity index (χ2n) is 5.14. The smallest absolute Gasteiger partial charge is 0.171 e. The van der Waals surface area contributed by atoms with Crippen LogP contribution in [0.4, 0.5) is 5.82 Å². The van der Waals surface area contributed by atoms with Gasteiger partial charge in [-0.15, -0.1) is 0 Å². The van der Waals surface area contributed by atoms with E-state index in [-0.39, 0.29) is 0 Å². The maximum Gasteiger partial charge on any atom is 0.171 e. The minimum Gasteiger partial charge on any atom is -0.490 e. The fourth-order valence-corrected chi connectivity index (χ4v) is 2.44. The molecule has 0 radical (unpaired) electrons. The van der Waals surface area contributed by atoms with E-state index in [9.17, 15) is 0 Å². The number of anilines is 1. The topological polar surface area (TPSA) is 54.6 Å². The summed E-state index contributed by atoms with van der Waals surface area (Å²) >= 11 is 0. The molecule has 1 aromatic rings. The number of rotatable bonds is 7. The second kappa shape index (κ2) is 8.07. The molecule has 1 aromatic heterocycles. The molecule has 0 amide bonds. The van der Waals surface area contributed by atoms with Crippen LogP contribution in [0.15, 0.2) is 18.3 Å². The molecular formula is C15H26N4O. The fraction of sp³-hybridized carbons (Fsp3) is 0.667. The molecule has 5 nitrogen and oxygen atoms in total. The van der Waals surface area contributed by atoms with E-state index in [0.29, 0.717) is 0 Å². The molecule has 2 N–H and O–H groups in total. The van der Waals surface area contributed by atoms with Gasteiger partial charge in [0, 0.05) is 32.4 Å². The van der Waals surface area contributed by atoms with E-state index in [1.54, 1.807) is 0 Å². The largest absolute Gasteiger partial charge is 0.490 e. The van der Waals surface area contributed by atoms with Crippen LogP contribution in [0.5, 0.6) is 5.75 Å². The predicted octanol–water partition coefficient (Wildman–Crippen LogP) is 1.34. The standard InChI is InChI=1S/C15H26N4O/c1-2-13-20-14-5-3-7-17-15(14)19-11-9-18(10-12-19)8-4-6-16/h3,5,7H,2,4,6,8-13,16H2,1H3. The molecule has 2 rings (SSSR count). The molecule has 1 aliphatic heterocycles. The van der Waals surface area contributed by atoms with Gasteiger partial charge in [0.05, 0.1) is 6.61 Å². The van der Waals surface area contributed by atoms with E-state index in [0.717, 1.165) is 70.3 Å². The van der Waals surface area contributed by atoms with E-state index < -0.39 is 0 Å². The van der Waals surface area contributed by atoms with Gasteiger partial charge in [0.15, 0.2) is 11.6 Å². The molecule has 0 spiro atoms. The third-order valence-electron chi connectivity index (χ3n) is 3.56. The number of hydrogen-bond acceptors (Lipinski definition) is 5. The summed E-state index contributed by atoms with van der Waals surface area (Å²) in [5, 5.41) is 0. The first-order valence-electron chi connectivity index (χ1n) is 7.60. The second-order valence-corrected chi connectivity index (χ2v) is 5.14. The zero-order valence-electron chi connectivity index (χ0n) is 12.4. The van der Waals surface area contributed by atoms with E-state index in [2.05, 4.69) is 21.7 Å². The summed E-state index contributed by atoms with van der Waals surface area (Å²) in [6.45, 7) is 8.89. The van der Waals surface area contributed by atoms with Crippen LogP contribution >= 0.6 is 0 Å². The molecule has 5 heteroatoms. The molecule has 0 atom stereocenters. The van der Waals surface area contributed by atoms with Gasteiger partial charge < -0.3 is 15.4 Å². The van der Waals surface area contributed by atoms with Gasteiger partial charge in [0.1, 0.15) is 0 Å². The van der Waals surface area contributed by atoms with Crippen LogP contribution in [0.3, 0.4) is 0 Å². The highest BCUT2D eigenvalue weighted by atomic mass is 16.5. The van der Waals surface area contributed by atoms with Crippen molar-refractivity contribution in [1.82, 2.24) is 9.88 Å². The lowest BCUT2D eigenvalue weighted by molar-refractivity contribution is 0.254. The van der Waals surface area contributed by atoms with Crippen LogP contribution in [0.2, 0.25) is 0 Å². The quantitative estimate of drug-likeness (QED) is 0.816. The Bertz CT molecular complexity index is 391. The van der Waals surface area contributed by atoms with Crippen molar-refractivity contribution in [2.24, 2.45) is 5.73 Å². The van der Waals surface area contributed by atoms with Crippen molar-refractivity contribution in [3.8, 4) is 5.75 Å². The summed E-state index contributed by atoms with van der Waals surface area (Å²) in [6, 6.07) is 3.95. The van der Waals surface area contributed by atoms with E-state index in [1.165, 1.54) is 0 Å². The number of nitrogens with zero attached hydrogens (tertiary/aromatic N) is 3. The minimum atomic E-state index is 0.745. The van der Waals surface area contributed by atoms with Gasteiger partial charge in [-0.1, -0.05) is 6.92 Å². The lowest BCUT2D eigenvalue weighted by Gasteiger charge is -2.35. The third kappa shape index (κ3) is 4.08. The zero-order chi connectivity index (χ0) is 14.2. The van der Waals surface area contributed by atoms with Crippen molar-refractivity contribution in [3.05, 3.63) is 18.3 Å². The molecular weight excluding hydrogens is 252 g/mol. The van der Waals surface area contributed by atoms with Gasteiger partial charge in [-0.2, -0.15) is 0 Å². The van der Waals surface area contributed by atoms with Crippen LogP contribution in [-0.2, 0) is 0 Å². The molecule has 0 saturated carbocycles. The number of aromatic nitrogens is 1. The van der Waals surface area contributed by atoms with Gasteiger partial charge in [-0.3, -0.25) is 4.90 Å². The fourth-order valence-electron chi connectivity index (χ4n) is 2.44. The van der Waals surface area contributed by atoms with E-state index in [1.807, 2.05) is 18.3 Å². The highest BCUT2D eigenvalue weighted by Gasteiger charge is 2.20. The van der Waals surface area contributed by atoms with Gasteiger partial charge in [0.25, 0.3) is 0 Å². The molecule has 1 aliphatic rings. The Hall–Kier alpha value is -1.33. The minimum absolute atomic E-state index is 0.745. The van der Waals surface area contributed by atoms with E-state index in [4.69, 9.17) is 10.5 Å². The Morgan fingerprint density at radius 2 is 2.10 bits per heavy atom. The average molecular weight is 278 g/mol. The summed E-state index contributed by atoms with van der Waals surface area (Å²) < 4.78 is 5.80. The van der Waals surface area contributed by atoms with Gasteiger partial charge in [-0.05, 0) is 38.1 Å². The van der Waals surface area contributed by atoms with Gasteiger partial charge >= 0.3 is 0 Å².